The molecule has 2 aliphatic rings. The fourth-order valence-electron chi connectivity index (χ4n) is 4.83. The summed E-state index contributed by atoms with van der Waals surface area (Å²) in [4.78, 5) is 27.7. The largest absolute Gasteiger partial charge is 0.375 e. The third-order valence-corrected chi connectivity index (χ3v) is 6.89. The molecule has 4 heterocycles. The van der Waals surface area contributed by atoms with Gasteiger partial charge in [-0.3, -0.25) is 4.79 Å². The van der Waals surface area contributed by atoms with Crippen LogP contribution < -0.4 is 15.5 Å². The summed E-state index contributed by atoms with van der Waals surface area (Å²) in [5.74, 6) is 1.75. The van der Waals surface area contributed by atoms with Crippen LogP contribution in [-0.2, 0) is 23.2 Å². The number of aromatic nitrogens is 3. The number of carbonyl (C=O) groups excluding carboxylic acids is 1. The van der Waals surface area contributed by atoms with E-state index in [1.54, 1.807) is 19.4 Å². The molecule has 0 bridgehead atoms. The average Bonchev–Trinajstić information content (AvgIpc) is 2.78. The molecule has 0 spiro atoms. The van der Waals surface area contributed by atoms with Crippen molar-refractivity contribution in [2.45, 2.75) is 51.6 Å². The zero-order valence-electron chi connectivity index (χ0n) is 19.0. The normalized spacial score (nSPS) is 18.7. The van der Waals surface area contributed by atoms with E-state index in [2.05, 4.69) is 62.5 Å². The summed E-state index contributed by atoms with van der Waals surface area (Å²) in [5, 5.41) is 7.55. The molecule has 2 aromatic heterocycles. The van der Waals surface area contributed by atoms with Crippen molar-refractivity contribution in [3.05, 3.63) is 64.7 Å². The van der Waals surface area contributed by atoms with E-state index >= 15 is 0 Å². The van der Waals surface area contributed by atoms with Crippen molar-refractivity contribution < 1.29 is 4.79 Å². The van der Waals surface area contributed by atoms with E-state index < -0.39 is 0 Å². The van der Waals surface area contributed by atoms with Crippen molar-refractivity contribution in [3.63, 3.8) is 0 Å². The number of hydrogen-bond acceptors (Lipinski definition) is 7. The number of benzene rings is 1. The van der Waals surface area contributed by atoms with Crippen LogP contribution in [0.1, 0.15) is 44.0 Å². The van der Waals surface area contributed by atoms with Crippen LogP contribution in [0, 0.1) is 0 Å². The number of fused-ring (bicyclic) bond motifs is 2. The molecule has 1 unspecified atom stereocenters. The van der Waals surface area contributed by atoms with Crippen LogP contribution in [-0.4, -0.2) is 33.3 Å². The van der Waals surface area contributed by atoms with Gasteiger partial charge in [0.1, 0.15) is 18.0 Å². The molecule has 1 aromatic carbocycles. The van der Waals surface area contributed by atoms with Crippen LogP contribution in [0.15, 0.2) is 42.9 Å². The minimum atomic E-state index is -0.168. The minimum absolute atomic E-state index is 0.0697. The van der Waals surface area contributed by atoms with Crippen LogP contribution in [0.25, 0.3) is 0 Å². The van der Waals surface area contributed by atoms with E-state index in [-0.39, 0.29) is 17.2 Å². The molecule has 2 N–H and O–H groups in total. The Bertz CT molecular complexity index is 1230. The summed E-state index contributed by atoms with van der Waals surface area (Å²) in [6, 6.07) is 9.81. The summed E-state index contributed by atoms with van der Waals surface area (Å²) in [5.41, 5.74) is 5.15. The van der Waals surface area contributed by atoms with Gasteiger partial charge in [-0.25, -0.2) is 15.0 Å². The number of anilines is 4. The fourth-order valence-corrected chi connectivity index (χ4v) is 5.07. The Morgan fingerprint density at radius 3 is 2.88 bits per heavy atom. The number of Topliss-reactive ketones (excluding diaryl/α,β-unsaturated/α-hetero) is 1. The molecule has 0 fully saturated rings. The van der Waals surface area contributed by atoms with Crippen molar-refractivity contribution in [2.75, 3.05) is 22.1 Å². The Balaban J connectivity index is 1.41. The predicted octanol–water partition coefficient (Wildman–Crippen LogP) is 4.88. The fraction of sp³-hybridized carbons (Fsp3) is 0.360. The summed E-state index contributed by atoms with van der Waals surface area (Å²) in [6.07, 6.45) is 4.92. The molecule has 0 saturated heterocycles. The highest BCUT2D eigenvalue weighted by molar-refractivity contribution is 6.32. The summed E-state index contributed by atoms with van der Waals surface area (Å²) in [7, 11) is 0. The quantitative estimate of drug-likeness (QED) is 0.571. The van der Waals surface area contributed by atoms with Crippen LogP contribution in [0.5, 0.6) is 0 Å². The lowest BCUT2D eigenvalue weighted by atomic mass is 9.74. The molecule has 2 aliphatic heterocycles. The van der Waals surface area contributed by atoms with Crippen molar-refractivity contribution in [1.82, 2.24) is 15.0 Å². The second-order valence-corrected chi connectivity index (χ2v) is 9.82. The van der Waals surface area contributed by atoms with E-state index in [9.17, 15) is 4.79 Å². The van der Waals surface area contributed by atoms with Gasteiger partial charge in [0.15, 0.2) is 5.78 Å². The van der Waals surface area contributed by atoms with Gasteiger partial charge in [0.25, 0.3) is 0 Å². The van der Waals surface area contributed by atoms with E-state index in [0.717, 1.165) is 53.7 Å². The standard InChI is InChI=1S/C25H27ClN6O/c1-15(33)21-12-25(2,3)18-7-6-16(11-20(18)31-21)30-23-17-8-10-32(13-22(17)28-14-29-23)24-19(26)5-4-9-27-24/h4-7,9,11,14,21,31H,8,10,12-13H2,1-3H3,(H,28,29,30). The van der Waals surface area contributed by atoms with Gasteiger partial charge in [-0.15, -0.1) is 0 Å². The molecule has 8 heteroatoms. The lowest BCUT2D eigenvalue weighted by Crippen LogP contribution is -2.40. The molecule has 0 amide bonds. The maximum atomic E-state index is 12.1. The number of ketones is 1. The van der Waals surface area contributed by atoms with Gasteiger partial charge >= 0.3 is 0 Å². The maximum absolute atomic E-state index is 12.1. The summed E-state index contributed by atoms with van der Waals surface area (Å²) < 4.78 is 0. The molecule has 5 rings (SSSR count). The summed E-state index contributed by atoms with van der Waals surface area (Å²) >= 11 is 6.35. The Hall–Kier alpha value is -3.19. The third kappa shape index (κ3) is 4.13. The topological polar surface area (TPSA) is 83.0 Å². The highest BCUT2D eigenvalue weighted by atomic mass is 35.5. The van der Waals surface area contributed by atoms with E-state index in [0.29, 0.717) is 11.6 Å². The maximum Gasteiger partial charge on any atom is 0.151 e. The first-order valence-corrected chi connectivity index (χ1v) is 11.6. The number of carbonyl (C=O) groups is 1. The Labute approximate surface area is 198 Å². The molecule has 1 atom stereocenters. The average molecular weight is 463 g/mol. The Kier molecular flexibility index (Phi) is 5.44. The first-order valence-electron chi connectivity index (χ1n) is 11.2. The summed E-state index contributed by atoms with van der Waals surface area (Å²) in [6.45, 7) is 7.44. The van der Waals surface area contributed by atoms with Crippen molar-refractivity contribution in [1.29, 1.82) is 0 Å². The molecule has 3 aromatic rings. The van der Waals surface area contributed by atoms with Gasteiger partial charge in [-0.1, -0.05) is 31.5 Å². The first-order chi connectivity index (χ1) is 15.8. The molecule has 170 valence electrons. The second kappa shape index (κ2) is 8.30. The molecule has 33 heavy (non-hydrogen) atoms. The first kappa shape index (κ1) is 21.6. The van der Waals surface area contributed by atoms with Crippen LogP contribution in [0.2, 0.25) is 5.02 Å². The number of nitrogens with zero attached hydrogens (tertiary/aromatic N) is 4. The van der Waals surface area contributed by atoms with Gasteiger partial charge < -0.3 is 15.5 Å². The molecule has 0 aliphatic carbocycles. The number of rotatable bonds is 4. The van der Waals surface area contributed by atoms with Gasteiger partial charge in [0.2, 0.25) is 0 Å². The lowest BCUT2D eigenvalue weighted by Gasteiger charge is -2.38. The van der Waals surface area contributed by atoms with Crippen LogP contribution >= 0.6 is 11.6 Å². The van der Waals surface area contributed by atoms with Gasteiger partial charge in [-0.2, -0.15) is 0 Å². The van der Waals surface area contributed by atoms with Gasteiger partial charge in [-0.05, 0) is 55.0 Å². The van der Waals surface area contributed by atoms with E-state index in [1.165, 1.54) is 5.56 Å². The van der Waals surface area contributed by atoms with Crippen LogP contribution in [0.4, 0.5) is 23.0 Å². The molecular weight excluding hydrogens is 436 g/mol. The van der Waals surface area contributed by atoms with Gasteiger partial charge in [0.05, 0.1) is 23.3 Å². The Morgan fingerprint density at radius 1 is 1.24 bits per heavy atom. The minimum Gasteiger partial charge on any atom is -0.375 e. The third-order valence-electron chi connectivity index (χ3n) is 6.59. The molecule has 7 nitrogen and oxygen atoms in total. The van der Waals surface area contributed by atoms with E-state index in [1.807, 2.05) is 12.1 Å². The highest BCUT2D eigenvalue weighted by Gasteiger charge is 2.34. The predicted molar refractivity (Wildman–Crippen MR) is 131 cm³/mol. The smallest absolute Gasteiger partial charge is 0.151 e. The number of hydrogen-bond donors (Lipinski definition) is 2. The molecular formula is C25H27ClN6O. The van der Waals surface area contributed by atoms with Crippen LogP contribution in [0.3, 0.4) is 0 Å². The van der Waals surface area contributed by atoms with E-state index in [4.69, 9.17) is 11.6 Å². The van der Waals surface area contributed by atoms with Crippen molar-refractivity contribution >= 4 is 40.4 Å². The zero-order chi connectivity index (χ0) is 23.2. The number of nitrogens with one attached hydrogen (secondary N) is 2. The second-order valence-electron chi connectivity index (χ2n) is 9.41. The van der Waals surface area contributed by atoms with Crippen molar-refractivity contribution in [2.24, 2.45) is 0 Å². The number of pyridine rings is 1. The SMILES string of the molecule is CC(=O)C1CC(C)(C)c2ccc(Nc3ncnc4c3CCN(c3ncccc3Cl)C4)cc2N1. The number of halogens is 1. The Morgan fingerprint density at radius 2 is 2.09 bits per heavy atom. The molecule has 0 saturated carbocycles. The van der Waals surface area contributed by atoms with Crippen molar-refractivity contribution in [3.8, 4) is 0 Å². The zero-order valence-corrected chi connectivity index (χ0v) is 19.8. The molecule has 0 radical (unpaired) electrons. The highest BCUT2D eigenvalue weighted by Crippen LogP contribution is 2.41. The monoisotopic (exact) mass is 462 g/mol. The van der Waals surface area contributed by atoms with Gasteiger partial charge in [0, 0.05) is 29.7 Å². The lowest BCUT2D eigenvalue weighted by molar-refractivity contribution is -0.118.